The van der Waals surface area contributed by atoms with Gasteiger partial charge in [0.05, 0.1) is 6.42 Å². The van der Waals surface area contributed by atoms with E-state index in [0.717, 1.165) is 24.0 Å². The first-order valence-corrected chi connectivity index (χ1v) is 5.92. The van der Waals surface area contributed by atoms with Gasteiger partial charge in [0.15, 0.2) is 0 Å². The zero-order valence-electron chi connectivity index (χ0n) is 10.2. The van der Waals surface area contributed by atoms with Crippen LogP contribution in [0.15, 0.2) is 18.2 Å². The number of rotatable bonds is 2. The predicted octanol–water partition coefficient (Wildman–Crippen LogP) is 3.46. The molecule has 2 nitrogen and oxygen atoms in total. The van der Waals surface area contributed by atoms with Crippen LogP contribution in [0.3, 0.4) is 0 Å². The Morgan fingerprint density at radius 3 is 2.88 bits per heavy atom. The second kappa shape index (κ2) is 4.13. The molecule has 0 fully saturated rings. The summed E-state index contributed by atoms with van der Waals surface area (Å²) in [6.45, 7) is 4.17. The molecule has 0 radical (unpaired) electrons. The number of hydrogen-bond donors (Lipinski definition) is 1. The maximum absolute atomic E-state index is 13.3. The molecule has 1 aliphatic carbocycles. The van der Waals surface area contributed by atoms with Crippen LogP contribution in [0.1, 0.15) is 50.2 Å². The van der Waals surface area contributed by atoms with Crippen LogP contribution in [0.2, 0.25) is 0 Å². The molecular weight excluding hydrogens is 219 g/mol. The van der Waals surface area contributed by atoms with Gasteiger partial charge in [-0.3, -0.25) is 4.79 Å². The maximum Gasteiger partial charge on any atom is 0.303 e. The van der Waals surface area contributed by atoms with Crippen molar-refractivity contribution >= 4 is 5.97 Å². The molecule has 0 aromatic heterocycles. The molecule has 1 aliphatic rings. The lowest BCUT2D eigenvalue weighted by molar-refractivity contribution is -0.137. The van der Waals surface area contributed by atoms with Crippen LogP contribution < -0.4 is 0 Å². The summed E-state index contributed by atoms with van der Waals surface area (Å²) in [6, 6.07) is 4.73. The lowest BCUT2D eigenvalue weighted by Crippen LogP contribution is -2.27. The van der Waals surface area contributed by atoms with E-state index in [1.54, 1.807) is 12.1 Å². The number of hydrogen-bond acceptors (Lipinski definition) is 1. The van der Waals surface area contributed by atoms with Crippen molar-refractivity contribution in [3.8, 4) is 0 Å². The van der Waals surface area contributed by atoms with Gasteiger partial charge >= 0.3 is 5.97 Å². The Bertz CT molecular complexity index is 452. The topological polar surface area (TPSA) is 37.3 Å². The number of carboxylic acids is 1. The third-order valence-electron chi connectivity index (χ3n) is 3.72. The smallest absolute Gasteiger partial charge is 0.303 e. The summed E-state index contributed by atoms with van der Waals surface area (Å²) in [5.41, 5.74) is 1.91. The van der Waals surface area contributed by atoms with Gasteiger partial charge in [0.1, 0.15) is 5.82 Å². The first-order valence-electron chi connectivity index (χ1n) is 5.92. The molecule has 0 saturated heterocycles. The Morgan fingerprint density at radius 2 is 2.24 bits per heavy atom. The number of fused-ring (bicyclic) bond motifs is 1. The number of aliphatic carboxylic acids is 1. The third-order valence-corrected chi connectivity index (χ3v) is 3.72. The number of carbonyl (C=O) groups is 1. The minimum Gasteiger partial charge on any atom is -0.481 e. The number of carboxylic acid groups (broad SMARTS) is 1. The molecule has 0 saturated carbocycles. The van der Waals surface area contributed by atoms with Crippen molar-refractivity contribution < 1.29 is 14.3 Å². The maximum atomic E-state index is 13.3. The Morgan fingerprint density at radius 1 is 1.53 bits per heavy atom. The monoisotopic (exact) mass is 236 g/mol. The van der Waals surface area contributed by atoms with Crippen molar-refractivity contribution in [2.75, 3.05) is 0 Å². The minimum absolute atomic E-state index is 0.0242. The highest BCUT2D eigenvalue weighted by molar-refractivity contribution is 5.68. The van der Waals surface area contributed by atoms with Gasteiger partial charge in [0, 0.05) is 0 Å². The molecule has 0 aliphatic heterocycles. The Hall–Kier alpha value is -1.38. The van der Waals surface area contributed by atoms with Crippen molar-refractivity contribution in [3.63, 3.8) is 0 Å². The van der Waals surface area contributed by atoms with E-state index in [1.807, 2.05) is 0 Å². The van der Waals surface area contributed by atoms with E-state index in [4.69, 9.17) is 5.11 Å². The van der Waals surface area contributed by atoms with Crippen LogP contribution in [0.5, 0.6) is 0 Å². The Balaban J connectivity index is 2.44. The molecule has 0 spiro atoms. The Kier molecular flexibility index (Phi) is 2.94. The second-order valence-corrected chi connectivity index (χ2v) is 5.45. The standard InChI is InChI=1S/C14H17FO2/c1-14(2)6-5-9(7-13(16)17)11-4-3-10(15)8-12(11)14/h3-4,8-9H,5-7H2,1-2H3,(H,16,17). The quantitative estimate of drug-likeness (QED) is 0.853. The average Bonchev–Trinajstić information content (AvgIpc) is 2.22. The molecule has 92 valence electrons. The van der Waals surface area contributed by atoms with Crippen molar-refractivity contribution in [3.05, 3.63) is 35.1 Å². The molecule has 1 aromatic carbocycles. The molecule has 1 aromatic rings. The van der Waals surface area contributed by atoms with Crippen molar-refractivity contribution in [1.29, 1.82) is 0 Å². The van der Waals surface area contributed by atoms with Crippen molar-refractivity contribution in [1.82, 2.24) is 0 Å². The zero-order valence-corrected chi connectivity index (χ0v) is 10.2. The molecule has 0 bridgehead atoms. The SMILES string of the molecule is CC1(C)CCC(CC(=O)O)c2ccc(F)cc21. The third kappa shape index (κ3) is 2.33. The number of benzene rings is 1. The van der Waals surface area contributed by atoms with E-state index in [2.05, 4.69) is 13.8 Å². The highest BCUT2D eigenvalue weighted by atomic mass is 19.1. The fraction of sp³-hybridized carbons (Fsp3) is 0.500. The predicted molar refractivity (Wildman–Crippen MR) is 63.7 cm³/mol. The van der Waals surface area contributed by atoms with Crippen LogP contribution in [-0.2, 0) is 10.2 Å². The first kappa shape index (κ1) is 12.1. The van der Waals surface area contributed by atoms with E-state index >= 15 is 0 Å². The molecule has 17 heavy (non-hydrogen) atoms. The molecule has 1 N–H and O–H groups in total. The summed E-state index contributed by atoms with van der Waals surface area (Å²) < 4.78 is 13.3. The first-order chi connectivity index (χ1) is 7.90. The lowest BCUT2D eigenvalue weighted by Gasteiger charge is -2.36. The van der Waals surface area contributed by atoms with Crippen LogP contribution in [0, 0.1) is 5.82 Å². The van der Waals surface area contributed by atoms with E-state index < -0.39 is 5.97 Å². The molecule has 0 heterocycles. The molecule has 1 atom stereocenters. The second-order valence-electron chi connectivity index (χ2n) is 5.45. The van der Waals surface area contributed by atoms with Crippen molar-refractivity contribution in [2.24, 2.45) is 0 Å². The summed E-state index contributed by atoms with van der Waals surface area (Å²) in [7, 11) is 0. The van der Waals surface area contributed by atoms with Gasteiger partial charge in [-0.15, -0.1) is 0 Å². The highest BCUT2D eigenvalue weighted by Gasteiger charge is 2.33. The summed E-state index contributed by atoms with van der Waals surface area (Å²) in [5.74, 6) is -1.01. The van der Waals surface area contributed by atoms with Crippen LogP contribution in [-0.4, -0.2) is 11.1 Å². The van der Waals surface area contributed by atoms with Gasteiger partial charge < -0.3 is 5.11 Å². The van der Waals surface area contributed by atoms with Crippen molar-refractivity contribution in [2.45, 2.75) is 44.4 Å². The van der Waals surface area contributed by atoms with E-state index in [9.17, 15) is 9.18 Å². The zero-order chi connectivity index (χ0) is 12.6. The van der Waals surface area contributed by atoms with Gasteiger partial charge in [-0.2, -0.15) is 0 Å². The number of halogens is 1. The summed E-state index contributed by atoms with van der Waals surface area (Å²) in [6.07, 6.45) is 1.90. The van der Waals surface area contributed by atoms with Crippen LogP contribution in [0.25, 0.3) is 0 Å². The van der Waals surface area contributed by atoms with Gasteiger partial charge in [0.2, 0.25) is 0 Å². The molecule has 1 unspecified atom stereocenters. The van der Waals surface area contributed by atoms with E-state index in [1.165, 1.54) is 6.07 Å². The van der Waals surface area contributed by atoms with Crippen LogP contribution >= 0.6 is 0 Å². The van der Waals surface area contributed by atoms with Gasteiger partial charge in [0.25, 0.3) is 0 Å². The van der Waals surface area contributed by atoms with Crippen LogP contribution in [0.4, 0.5) is 4.39 Å². The Labute approximate surface area is 100 Å². The normalized spacial score (nSPS) is 21.9. The summed E-state index contributed by atoms with van der Waals surface area (Å²) in [5, 5.41) is 8.90. The molecule has 2 rings (SSSR count). The molecule has 0 amide bonds. The summed E-state index contributed by atoms with van der Waals surface area (Å²) >= 11 is 0. The van der Waals surface area contributed by atoms with Gasteiger partial charge in [-0.25, -0.2) is 4.39 Å². The largest absolute Gasteiger partial charge is 0.481 e. The van der Waals surface area contributed by atoms with E-state index in [-0.39, 0.29) is 23.6 Å². The van der Waals surface area contributed by atoms with Gasteiger partial charge in [-0.05, 0) is 47.4 Å². The van der Waals surface area contributed by atoms with E-state index in [0.29, 0.717) is 0 Å². The average molecular weight is 236 g/mol. The fourth-order valence-corrected chi connectivity index (χ4v) is 2.72. The lowest BCUT2D eigenvalue weighted by atomic mass is 9.68. The molecular formula is C14H17FO2. The summed E-state index contributed by atoms with van der Waals surface area (Å²) in [4.78, 5) is 10.8. The molecule has 3 heteroatoms. The van der Waals surface area contributed by atoms with Gasteiger partial charge in [-0.1, -0.05) is 19.9 Å². The fourth-order valence-electron chi connectivity index (χ4n) is 2.72. The highest BCUT2D eigenvalue weighted by Crippen LogP contribution is 2.43. The minimum atomic E-state index is -0.787.